The SMILES string of the molecule is CCc1cn(C)c2cnc(C(C)Sc3nc(N)cc(C#N)n3)cc12. The van der Waals surface area contributed by atoms with Gasteiger partial charge in [0.2, 0.25) is 0 Å². The van der Waals surface area contributed by atoms with E-state index in [1.807, 2.05) is 26.2 Å². The number of thioether (sulfide) groups is 1. The zero-order chi connectivity index (χ0) is 17.3. The van der Waals surface area contributed by atoms with Crippen LogP contribution >= 0.6 is 11.8 Å². The molecule has 3 rings (SSSR count). The summed E-state index contributed by atoms with van der Waals surface area (Å²) in [5.74, 6) is 0.302. The number of aryl methyl sites for hydroxylation is 2. The van der Waals surface area contributed by atoms with Gasteiger partial charge in [0.15, 0.2) is 5.16 Å². The fourth-order valence-corrected chi connectivity index (χ4v) is 3.53. The van der Waals surface area contributed by atoms with E-state index >= 15 is 0 Å². The number of nitrogens with zero attached hydrogens (tertiary/aromatic N) is 5. The van der Waals surface area contributed by atoms with Crippen molar-refractivity contribution in [3.8, 4) is 6.07 Å². The van der Waals surface area contributed by atoms with Gasteiger partial charge in [0, 0.05) is 24.7 Å². The molecule has 3 aromatic heterocycles. The maximum absolute atomic E-state index is 9.00. The molecule has 3 heterocycles. The fourth-order valence-electron chi connectivity index (χ4n) is 2.65. The number of nitrogens with two attached hydrogens (primary N) is 1. The molecule has 0 aromatic carbocycles. The van der Waals surface area contributed by atoms with E-state index in [1.54, 1.807) is 0 Å². The maximum Gasteiger partial charge on any atom is 0.191 e. The molecule has 0 radical (unpaired) electrons. The van der Waals surface area contributed by atoms with Crippen molar-refractivity contribution in [2.75, 3.05) is 5.73 Å². The summed E-state index contributed by atoms with van der Waals surface area (Å²) in [5.41, 5.74) is 9.39. The first-order valence-electron chi connectivity index (χ1n) is 7.67. The van der Waals surface area contributed by atoms with E-state index in [0.29, 0.717) is 11.0 Å². The average Bonchev–Trinajstić information content (AvgIpc) is 2.89. The van der Waals surface area contributed by atoms with Crippen LogP contribution < -0.4 is 5.73 Å². The first-order chi connectivity index (χ1) is 11.5. The number of pyridine rings is 1. The molecule has 24 heavy (non-hydrogen) atoms. The Morgan fingerprint density at radius 2 is 2.17 bits per heavy atom. The molecule has 0 aliphatic rings. The van der Waals surface area contributed by atoms with Gasteiger partial charge in [-0.15, -0.1) is 0 Å². The van der Waals surface area contributed by atoms with Gasteiger partial charge in [-0.25, -0.2) is 9.97 Å². The van der Waals surface area contributed by atoms with Crippen LogP contribution in [0.25, 0.3) is 10.9 Å². The first kappa shape index (κ1) is 16.3. The first-order valence-corrected chi connectivity index (χ1v) is 8.55. The van der Waals surface area contributed by atoms with Crippen molar-refractivity contribution >= 4 is 28.5 Å². The molecule has 3 aromatic rings. The molecule has 6 nitrogen and oxygen atoms in total. The molecule has 0 saturated heterocycles. The summed E-state index contributed by atoms with van der Waals surface area (Å²) >= 11 is 1.45. The Bertz CT molecular complexity index is 940. The van der Waals surface area contributed by atoms with Crippen molar-refractivity contribution in [2.24, 2.45) is 7.05 Å². The smallest absolute Gasteiger partial charge is 0.191 e. The van der Waals surface area contributed by atoms with Gasteiger partial charge in [-0.3, -0.25) is 4.98 Å². The molecule has 1 unspecified atom stereocenters. The van der Waals surface area contributed by atoms with Gasteiger partial charge in [0.05, 0.1) is 22.7 Å². The Morgan fingerprint density at radius 3 is 2.88 bits per heavy atom. The van der Waals surface area contributed by atoms with Crippen molar-refractivity contribution in [3.05, 3.63) is 41.5 Å². The lowest BCUT2D eigenvalue weighted by atomic mass is 10.1. The number of anilines is 1. The number of aromatic nitrogens is 4. The van der Waals surface area contributed by atoms with Gasteiger partial charge in [0.1, 0.15) is 17.6 Å². The minimum Gasteiger partial charge on any atom is -0.384 e. The molecule has 0 aliphatic carbocycles. The highest BCUT2D eigenvalue weighted by Gasteiger charge is 2.15. The zero-order valence-electron chi connectivity index (χ0n) is 13.8. The van der Waals surface area contributed by atoms with Gasteiger partial charge in [-0.2, -0.15) is 5.26 Å². The second-order valence-electron chi connectivity index (χ2n) is 5.58. The van der Waals surface area contributed by atoms with Gasteiger partial charge in [-0.05, 0) is 25.0 Å². The third-order valence-electron chi connectivity index (χ3n) is 3.90. The predicted molar refractivity (Wildman–Crippen MR) is 95.5 cm³/mol. The van der Waals surface area contributed by atoms with E-state index < -0.39 is 0 Å². The average molecular weight is 338 g/mol. The van der Waals surface area contributed by atoms with E-state index in [9.17, 15) is 0 Å². The van der Waals surface area contributed by atoms with Gasteiger partial charge < -0.3 is 10.3 Å². The Labute approximate surface area is 144 Å². The third kappa shape index (κ3) is 3.05. The fraction of sp³-hybridized carbons (Fsp3) is 0.294. The second kappa shape index (κ2) is 6.49. The summed E-state index contributed by atoms with van der Waals surface area (Å²) in [6.07, 6.45) is 5.03. The Kier molecular flexibility index (Phi) is 4.40. The van der Waals surface area contributed by atoms with E-state index in [2.05, 4.69) is 38.7 Å². The number of nitriles is 1. The maximum atomic E-state index is 9.00. The molecule has 0 spiro atoms. The molecular weight excluding hydrogens is 320 g/mol. The summed E-state index contributed by atoms with van der Waals surface area (Å²) < 4.78 is 2.10. The van der Waals surface area contributed by atoms with Crippen LogP contribution in [-0.2, 0) is 13.5 Å². The van der Waals surface area contributed by atoms with Gasteiger partial charge in [-0.1, -0.05) is 18.7 Å². The molecule has 7 heteroatoms. The van der Waals surface area contributed by atoms with Crippen molar-refractivity contribution in [2.45, 2.75) is 30.7 Å². The number of hydrogen-bond donors (Lipinski definition) is 1. The lowest BCUT2D eigenvalue weighted by molar-refractivity contribution is 0.931. The summed E-state index contributed by atoms with van der Waals surface area (Å²) in [6, 6.07) is 5.60. The Balaban J connectivity index is 1.93. The van der Waals surface area contributed by atoms with Crippen LogP contribution in [0.15, 0.2) is 29.7 Å². The molecule has 0 amide bonds. The van der Waals surface area contributed by atoms with E-state index in [0.717, 1.165) is 17.6 Å². The van der Waals surface area contributed by atoms with E-state index in [1.165, 1.54) is 28.8 Å². The normalized spacial score (nSPS) is 12.2. The second-order valence-corrected chi connectivity index (χ2v) is 6.89. The van der Waals surface area contributed by atoms with Crippen LogP contribution in [0.3, 0.4) is 0 Å². The lowest BCUT2D eigenvalue weighted by Crippen LogP contribution is -2.00. The third-order valence-corrected chi connectivity index (χ3v) is 4.89. The zero-order valence-corrected chi connectivity index (χ0v) is 14.6. The molecule has 2 N–H and O–H groups in total. The highest BCUT2D eigenvalue weighted by atomic mass is 32.2. The van der Waals surface area contributed by atoms with Crippen molar-refractivity contribution in [1.29, 1.82) is 5.26 Å². The number of nitrogen functional groups attached to an aromatic ring is 1. The minimum absolute atomic E-state index is 0.0488. The van der Waals surface area contributed by atoms with Crippen LogP contribution in [0.4, 0.5) is 5.82 Å². The molecule has 0 bridgehead atoms. The van der Waals surface area contributed by atoms with Crippen LogP contribution in [0.5, 0.6) is 0 Å². The lowest BCUT2D eigenvalue weighted by Gasteiger charge is -2.10. The van der Waals surface area contributed by atoms with Crippen LogP contribution in [-0.4, -0.2) is 19.5 Å². The Hall–Kier alpha value is -2.59. The molecule has 0 saturated carbocycles. The summed E-state index contributed by atoms with van der Waals surface area (Å²) in [4.78, 5) is 13.0. The van der Waals surface area contributed by atoms with E-state index in [4.69, 9.17) is 11.0 Å². The van der Waals surface area contributed by atoms with Crippen molar-refractivity contribution in [1.82, 2.24) is 19.5 Å². The predicted octanol–water partition coefficient (Wildman–Crippen LogP) is 3.23. The van der Waals surface area contributed by atoms with Gasteiger partial charge >= 0.3 is 0 Å². The molecular formula is C17H18N6S. The van der Waals surface area contributed by atoms with E-state index in [-0.39, 0.29) is 10.9 Å². The summed E-state index contributed by atoms with van der Waals surface area (Å²) in [7, 11) is 2.03. The van der Waals surface area contributed by atoms with Crippen LogP contribution in [0.1, 0.15) is 36.0 Å². The number of rotatable bonds is 4. The standard InChI is InChI=1S/C17H18N6S/c1-4-11-9-23(3)15-8-20-14(6-13(11)15)10(2)24-17-21-12(7-18)5-16(19)22-17/h5-6,8-10H,4H2,1-3H3,(H2,19,21,22). The largest absolute Gasteiger partial charge is 0.384 e. The van der Waals surface area contributed by atoms with Gasteiger partial charge in [0.25, 0.3) is 0 Å². The number of fused-ring (bicyclic) bond motifs is 1. The minimum atomic E-state index is 0.0488. The molecule has 0 fully saturated rings. The Morgan fingerprint density at radius 1 is 1.38 bits per heavy atom. The number of hydrogen-bond acceptors (Lipinski definition) is 6. The van der Waals surface area contributed by atoms with Crippen molar-refractivity contribution < 1.29 is 0 Å². The van der Waals surface area contributed by atoms with Crippen LogP contribution in [0, 0.1) is 11.3 Å². The topological polar surface area (TPSA) is 93.4 Å². The highest BCUT2D eigenvalue weighted by Crippen LogP contribution is 2.34. The summed E-state index contributed by atoms with van der Waals surface area (Å²) in [6.45, 7) is 4.20. The summed E-state index contributed by atoms with van der Waals surface area (Å²) in [5, 5.41) is 10.8. The quantitative estimate of drug-likeness (QED) is 0.580. The highest BCUT2D eigenvalue weighted by molar-refractivity contribution is 7.99. The molecule has 122 valence electrons. The monoisotopic (exact) mass is 338 g/mol. The molecule has 1 atom stereocenters. The molecule has 0 aliphatic heterocycles. The van der Waals surface area contributed by atoms with Crippen LogP contribution in [0.2, 0.25) is 0 Å². The van der Waals surface area contributed by atoms with Crippen molar-refractivity contribution in [3.63, 3.8) is 0 Å².